The molecular weight excluding hydrogens is 226 g/mol. The van der Waals surface area contributed by atoms with Gasteiger partial charge in [-0.2, -0.15) is 0 Å². The number of carbonyl (C=O) groups excluding carboxylic acids is 1. The van der Waals surface area contributed by atoms with Crippen LogP contribution in [0.25, 0.3) is 0 Å². The minimum Gasteiger partial charge on any atom is -0.375 e. The molecule has 2 rings (SSSR count). The van der Waals surface area contributed by atoms with Crippen molar-refractivity contribution in [3.05, 3.63) is 35.9 Å². The second kappa shape index (κ2) is 6.55. The Kier molecular flexibility index (Phi) is 4.76. The summed E-state index contributed by atoms with van der Waals surface area (Å²) in [5.41, 5.74) is 1.18. The van der Waals surface area contributed by atoms with E-state index in [1.807, 2.05) is 23.1 Å². The average Bonchev–Trinajstić information content (AvgIpc) is 2.82. The lowest BCUT2D eigenvalue weighted by molar-refractivity contribution is -0.131. The van der Waals surface area contributed by atoms with Crippen LogP contribution in [-0.2, 0) is 16.1 Å². The summed E-state index contributed by atoms with van der Waals surface area (Å²) in [6.45, 7) is 4.27. The first-order chi connectivity index (χ1) is 8.81. The van der Waals surface area contributed by atoms with E-state index in [1.165, 1.54) is 5.56 Å². The van der Waals surface area contributed by atoms with E-state index in [0.717, 1.165) is 19.4 Å². The highest BCUT2D eigenvalue weighted by molar-refractivity contribution is 5.78. The van der Waals surface area contributed by atoms with E-state index in [4.69, 9.17) is 4.74 Å². The molecule has 18 heavy (non-hydrogen) atoms. The monoisotopic (exact) mass is 247 g/mol. The van der Waals surface area contributed by atoms with Gasteiger partial charge >= 0.3 is 0 Å². The highest BCUT2D eigenvalue weighted by Crippen LogP contribution is 2.16. The molecule has 1 heterocycles. The first-order valence-electron chi connectivity index (χ1n) is 6.72. The molecule has 0 bridgehead atoms. The van der Waals surface area contributed by atoms with E-state index in [1.54, 1.807) is 0 Å². The van der Waals surface area contributed by atoms with Gasteiger partial charge in [0.05, 0.1) is 19.3 Å². The van der Waals surface area contributed by atoms with Crippen LogP contribution in [0.15, 0.2) is 30.3 Å². The second-order valence-electron chi connectivity index (χ2n) is 4.75. The predicted molar refractivity (Wildman–Crippen MR) is 71.1 cm³/mol. The van der Waals surface area contributed by atoms with E-state index < -0.39 is 0 Å². The summed E-state index contributed by atoms with van der Waals surface area (Å²) in [4.78, 5) is 13.7. The quantitative estimate of drug-likeness (QED) is 0.773. The highest BCUT2D eigenvalue weighted by Gasteiger charge is 2.26. The van der Waals surface area contributed by atoms with Gasteiger partial charge in [-0.05, 0) is 18.4 Å². The molecule has 3 heteroatoms. The standard InChI is InChI=1S/C15H21NO2/c1-2-14(16-10-6-9-15(16)17)12-18-11-13-7-4-3-5-8-13/h3-5,7-8,14H,2,6,9-12H2,1H3/t14-/m0/s1. The molecule has 0 aromatic heterocycles. The summed E-state index contributed by atoms with van der Waals surface area (Å²) in [6.07, 6.45) is 2.66. The van der Waals surface area contributed by atoms with Crippen LogP contribution < -0.4 is 0 Å². The summed E-state index contributed by atoms with van der Waals surface area (Å²) in [7, 11) is 0. The van der Waals surface area contributed by atoms with E-state index in [9.17, 15) is 4.79 Å². The van der Waals surface area contributed by atoms with Crippen molar-refractivity contribution in [2.24, 2.45) is 0 Å². The molecule has 1 amide bonds. The van der Waals surface area contributed by atoms with E-state index in [2.05, 4.69) is 19.1 Å². The maximum atomic E-state index is 11.7. The van der Waals surface area contributed by atoms with Crippen molar-refractivity contribution in [2.75, 3.05) is 13.2 Å². The molecule has 1 aromatic carbocycles. The molecule has 0 N–H and O–H groups in total. The van der Waals surface area contributed by atoms with Gasteiger partial charge in [0.15, 0.2) is 0 Å². The molecule has 0 radical (unpaired) electrons. The Morgan fingerprint density at radius 1 is 1.33 bits per heavy atom. The van der Waals surface area contributed by atoms with Crippen molar-refractivity contribution >= 4 is 5.91 Å². The molecular formula is C15H21NO2. The zero-order valence-electron chi connectivity index (χ0n) is 11.0. The van der Waals surface area contributed by atoms with Gasteiger partial charge in [-0.25, -0.2) is 0 Å². The topological polar surface area (TPSA) is 29.5 Å². The molecule has 1 aromatic rings. The molecule has 0 unspecified atom stereocenters. The number of hydrogen-bond donors (Lipinski definition) is 0. The zero-order chi connectivity index (χ0) is 12.8. The van der Waals surface area contributed by atoms with Crippen LogP contribution in [0.4, 0.5) is 0 Å². The molecule has 1 atom stereocenters. The third-order valence-electron chi connectivity index (χ3n) is 3.44. The zero-order valence-corrected chi connectivity index (χ0v) is 11.0. The summed E-state index contributed by atoms with van der Waals surface area (Å²) >= 11 is 0. The maximum Gasteiger partial charge on any atom is 0.222 e. The molecule has 98 valence electrons. The van der Waals surface area contributed by atoms with Gasteiger partial charge in [0, 0.05) is 13.0 Å². The Balaban J connectivity index is 1.79. The van der Waals surface area contributed by atoms with Gasteiger partial charge < -0.3 is 9.64 Å². The number of benzene rings is 1. The van der Waals surface area contributed by atoms with E-state index in [-0.39, 0.29) is 11.9 Å². The normalized spacial score (nSPS) is 17.2. The minimum absolute atomic E-state index is 0.240. The third-order valence-corrected chi connectivity index (χ3v) is 3.44. The van der Waals surface area contributed by atoms with E-state index >= 15 is 0 Å². The SMILES string of the molecule is CC[C@@H](COCc1ccccc1)N1CCCC1=O. The van der Waals surface area contributed by atoms with Crippen molar-refractivity contribution in [1.29, 1.82) is 0 Å². The molecule has 1 fully saturated rings. The lowest BCUT2D eigenvalue weighted by atomic mass is 10.2. The van der Waals surface area contributed by atoms with Gasteiger partial charge in [0.1, 0.15) is 0 Å². The van der Waals surface area contributed by atoms with Crippen molar-refractivity contribution < 1.29 is 9.53 Å². The summed E-state index contributed by atoms with van der Waals surface area (Å²) in [5, 5.41) is 0. The lowest BCUT2D eigenvalue weighted by Gasteiger charge is -2.26. The summed E-state index contributed by atoms with van der Waals surface area (Å²) < 4.78 is 5.74. The Hall–Kier alpha value is -1.35. The number of ether oxygens (including phenoxy) is 1. The van der Waals surface area contributed by atoms with Crippen molar-refractivity contribution in [3.8, 4) is 0 Å². The van der Waals surface area contributed by atoms with Crippen LogP contribution >= 0.6 is 0 Å². The summed E-state index contributed by atoms with van der Waals surface area (Å²) in [6, 6.07) is 10.4. The fourth-order valence-corrected chi connectivity index (χ4v) is 2.37. The molecule has 1 aliphatic rings. The molecule has 0 aliphatic carbocycles. The fourth-order valence-electron chi connectivity index (χ4n) is 2.37. The number of carbonyl (C=O) groups is 1. The van der Waals surface area contributed by atoms with Crippen LogP contribution in [-0.4, -0.2) is 30.0 Å². The van der Waals surface area contributed by atoms with Crippen LogP contribution in [0.2, 0.25) is 0 Å². The van der Waals surface area contributed by atoms with Gasteiger partial charge in [0.2, 0.25) is 5.91 Å². The highest BCUT2D eigenvalue weighted by atomic mass is 16.5. The van der Waals surface area contributed by atoms with E-state index in [0.29, 0.717) is 19.6 Å². The first kappa shape index (κ1) is 13.1. The summed E-state index contributed by atoms with van der Waals surface area (Å²) in [5.74, 6) is 0.283. The second-order valence-corrected chi connectivity index (χ2v) is 4.75. The lowest BCUT2D eigenvalue weighted by Crippen LogP contribution is -2.38. The Bertz CT molecular complexity index is 377. The number of likely N-dealkylation sites (tertiary alicyclic amines) is 1. The predicted octanol–water partition coefficient (Wildman–Crippen LogP) is 2.60. The van der Waals surface area contributed by atoms with Gasteiger partial charge in [-0.1, -0.05) is 37.3 Å². The van der Waals surface area contributed by atoms with Gasteiger partial charge in [0.25, 0.3) is 0 Å². The average molecular weight is 247 g/mol. The van der Waals surface area contributed by atoms with Crippen LogP contribution in [0.3, 0.4) is 0 Å². The first-order valence-corrected chi connectivity index (χ1v) is 6.72. The molecule has 0 saturated carbocycles. The van der Waals surface area contributed by atoms with Crippen LogP contribution in [0.1, 0.15) is 31.7 Å². The van der Waals surface area contributed by atoms with Gasteiger partial charge in [-0.15, -0.1) is 0 Å². The van der Waals surface area contributed by atoms with Crippen LogP contribution in [0, 0.1) is 0 Å². The Labute approximate surface area is 109 Å². The largest absolute Gasteiger partial charge is 0.375 e. The molecule has 1 saturated heterocycles. The molecule has 3 nitrogen and oxygen atoms in total. The smallest absolute Gasteiger partial charge is 0.222 e. The van der Waals surface area contributed by atoms with Crippen molar-refractivity contribution in [3.63, 3.8) is 0 Å². The van der Waals surface area contributed by atoms with Crippen molar-refractivity contribution in [1.82, 2.24) is 4.90 Å². The number of nitrogens with zero attached hydrogens (tertiary/aromatic N) is 1. The van der Waals surface area contributed by atoms with Gasteiger partial charge in [-0.3, -0.25) is 4.79 Å². The minimum atomic E-state index is 0.240. The number of rotatable bonds is 6. The van der Waals surface area contributed by atoms with Crippen LogP contribution in [0.5, 0.6) is 0 Å². The Morgan fingerprint density at radius 2 is 2.11 bits per heavy atom. The molecule has 1 aliphatic heterocycles. The Morgan fingerprint density at radius 3 is 2.72 bits per heavy atom. The molecule has 0 spiro atoms. The fraction of sp³-hybridized carbons (Fsp3) is 0.533. The third kappa shape index (κ3) is 3.33. The van der Waals surface area contributed by atoms with Crippen molar-refractivity contribution in [2.45, 2.75) is 38.8 Å². The number of hydrogen-bond acceptors (Lipinski definition) is 2. The number of amides is 1. The maximum absolute atomic E-state index is 11.7.